The van der Waals surface area contributed by atoms with Crippen molar-refractivity contribution in [3.8, 4) is 0 Å². The highest BCUT2D eigenvalue weighted by atomic mass is 16.5. The van der Waals surface area contributed by atoms with Gasteiger partial charge in [-0.25, -0.2) is 4.58 Å². The fourth-order valence-corrected chi connectivity index (χ4v) is 1.21. The lowest BCUT2D eigenvalue weighted by atomic mass is 10.3. The van der Waals surface area contributed by atoms with Gasteiger partial charge in [-0.1, -0.05) is 0 Å². The molecule has 0 saturated heterocycles. The van der Waals surface area contributed by atoms with Crippen LogP contribution in [0.1, 0.15) is 19.8 Å². The minimum absolute atomic E-state index is 0.770. The molecule has 0 fully saturated rings. The van der Waals surface area contributed by atoms with Crippen LogP contribution >= 0.6 is 0 Å². The summed E-state index contributed by atoms with van der Waals surface area (Å²) in [6.07, 6.45) is 2.55. The maximum atomic E-state index is 5.00. The molecule has 0 atom stereocenters. The molecule has 0 radical (unpaired) electrons. The Balaban J connectivity index is 2.45. The maximum Gasteiger partial charge on any atom is 0.246 e. The Bertz CT molecular complexity index is 129. The zero-order valence-electron chi connectivity index (χ0n) is 6.18. The topological polar surface area (TPSA) is 12.2 Å². The molecule has 0 bridgehead atoms. The summed E-state index contributed by atoms with van der Waals surface area (Å²) >= 11 is 0. The second-order valence-corrected chi connectivity index (χ2v) is 2.52. The van der Waals surface area contributed by atoms with Crippen LogP contribution in [-0.4, -0.2) is 30.7 Å². The van der Waals surface area contributed by atoms with Crippen LogP contribution in [0.15, 0.2) is 0 Å². The van der Waals surface area contributed by atoms with Crippen LogP contribution in [0.25, 0.3) is 0 Å². The van der Waals surface area contributed by atoms with Crippen LogP contribution in [0.4, 0.5) is 0 Å². The van der Waals surface area contributed by atoms with Gasteiger partial charge in [0.1, 0.15) is 6.54 Å². The highest BCUT2D eigenvalue weighted by Crippen LogP contribution is 2.02. The molecule has 0 N–H and O–H groups in total. The van der Waals surface area contributed by atoms with Crippen LogP contribution in [0, 0.1) is 0 Å². The van der Waals surface area contributed by atoms with Crippen LogP contribution < -0.4 is 0 Å². The average Bonchev–Trinajstić information content (AvgIpc) is 2.18. The number of ether oxygens (including phenoxy) is 1. The molecule has 1 heterocycles. The molecule has 0 saturated carbocycles. The second kappa shape index (κ2) is 2.97. The van der Waals surface area contributed by atoms with Crippen molar-refractivity contribution in [3.05, 3.63) is 0 Å². The van der Waals surface area contributed by atoms with Gasteiger partial charge in [0.25, 0.3) is 0 Å². The van der Waals surface area contributed by atoms with Gasteiger partial charge in [0.2, 0.25) is 6.73 Å². The third kappa shape index (κ3) is 1.52. The molecule has 1 aliphatic rings. The molecule has 0 aliphatic carbocycles. The minimum atomic E-state index is 0.770. The minimum Gasteiger partial charge on any atom is -0.327 e. The van der Waals surface area contributed by atoms with Crippen molar-refractivity contribution < 1.29 is 9.31 Å². The zero-order valence-corrected chi connectivity index (χ0v) is 6.18. The van der Waals surface area contributed by atoms with Gasteiger partial charge in [-0.05, 0) is 0 Å². The Kier molecular flexibility index (Phi) is 2.22. The number of nitrogens with zero attached hydrogens (tertiary/aromatic N) is 1. The molecule has 9 heavy (non-hydrogen) atoms. The number of hydrogen-bond acceptors (Lipinski definition) is 1. The summed E-state index contributed by atoms with van der Waals surface area (Å²) < 4.78 is 7.28. The van der Waals surface area contributed by atoms with E-state index in [2.05, 4.69) is 11.5 Å². The van der Waals surface area contributed by atoms with Crippen molar-refractivity contribution in [2.45, 2.75) is 19.8 Å². The quantitative estimate of drug-likeness (QED) is 0.502. The highest BCUT2D eigenvalue weighted by Gasteiger charge is 2.16. The van der Waals surface area contributed by atoms with Gasteiger partial charge in [-0.3, -0.25) is 0 Å². The van der Waals surface area contributed by atoms with Gasteiger partial charge < -0.3 is 4.74 Å². The Morgan fingerprint density at radius 3 is 2.89 bits per heavy atom. The smallest absolute Gasteiger partial charge is 0.246 e. The van der Waals surface area contributed by atoms with Gasteiger partial charge in [-0.15, -0.1) is 0 Å². The summed E-state index contributed by atoms with van der Waals surface area (Å²) in [4.78, 5) is 0. The van der Waals surface area contributed by atoms with E-state index in [9.17, 15) is 0 Å². The molecule has 2 nitrogen and oxygen atoms in total. The molecule has 1 aliphatic heterocycles. The van der Waals surface area contributed by atoms with Crippen molar-refractivity contribution in [3.63, 3.8) is 0 Å². The Morgan fingerprint density at radius 1 is 1.67 bits per heavy atom. The molecule has 52 valence electrons. The van der Waals surface area contributed by atoms with Crippen LogP contribution in [0.5, 0.6) is 0 Å². The lowest BCUT2D eigenvalue weighted by Gasteiger charge is -1.95. The van der Waals surface area contributed by atoms with Crippen molar-refractivity contribution in [2.75, 3.05) is 20.4 Å². The molecule has 0 aromatic rings. The van der Waals surface area contributed by atoms with Crippen LogP contribution in [0.3, 0.4) is 0 Å². The lowest BCUT2D eigenvalue weighted by molar-refractivity contribution is -0.559. The van der Waals surface area contributed by atoms with E-state index in [1.165, 1.54) is 25.1 Å². The Morgan fingerprint density at radius 2 is 2.44 bits per heavy atom. The first-order valence-electron chi connectivity index (χ1n) is 3.41. The Hall–Kier alpha value is -0.370. The van der Waals surface area contributed by atoms with Gasteiger partial charge in [-0.2, -0.15) is 0 Å². The average molecular weight is 128 g/mol. The molecule has 2 heteroatoms. The SMILES string of the molecule is COC[N+]1=C(C)CCC1. The molecule has 1 rings (SSSR count). The van der Waals surface area contributed by atoms with E-state index in [0.717, 1.165) is 6.73 Å². The van der Waals surface area contributed by atoms with Crippen molar-refractivity contribution in [2.24, 2.45) is 0 Å². The van der Waals surface area contributed by atoms with Crippen molar-refractivity contribution in [1.29, 1.82) is 0 Å². The molecular weight excluding hydrogens is 114 g/mol. The normalized spacial score (nSPS) is 19.3. The predicted molar refractivity (Wildman–Crippen MR) is 36.9 cm³/mol. The van der Waals surface area contributed by atoms with Crippen molar-refractivity contribution >= 4 is 5.71 Å². The second-order valence-electron chi connectivity index (χ2n) is 2.52. The van der Waals surface area contributed by atoms with Gasteiger partial charge in [0.05, 0.1) is 0 Å². The first kappa shape index (κ1) is 6.75. The maximum absolute atomic E-state index is 5.00. The summed E-state index contributed by atoms with van der Waals surface area (Å²) in [7, 11) is 1.74. The number of rotatable bonds is 2. The molecule has 0 spiro atoms. The number of methoxy groups -OCH3 is 1. The van der Waals surface area contributed by atoms with E-state index in [1.807, 2.05) is 0 Å². The molecule has 0 amide bonds. The summed E-state index contributed by atoms with van der Waals surface area (Å²) in [6.45, 7) is 4.12. The van der Waals surface area contributed by atoms with Gasteiger partial charge in [0, 0.05) is 26.9 Å². The largest absolute Gasteiger partial charge is 0.327 e. The van der Waals surface area contributed by atoms with Gasteiger partial charge >= 0.3 is 0 Å². The van der Waals surface area contributed by atoms with E-state index >= 15 is 0 Å². The summed E-state index contributed by atoms with van der Waals surface area (Å²) in [5.41, 5.74) is 1.47. The lowest BCUT2D eigenvalue weighted by Crippen LogP contribution is -2.15. The number of hydrogen-bond donors (Lipinski definition) is 0. The van der Waals surface area contributed by atoms with E-state index in [1.54, 1.807) is 7.11 Å². The third-order valence-electron chi connectivity index (χ3n) is 1.79. The molecule has 0 aromatic carbocycles. The fourth-order valence-electron chi connectivity index (χ4n) is 1.21. The van der Waals surface area contributed by atoms with E-state index < -0.39 is 0 Å². The summed E-state index contributed by atoms with van der Waals surface area (Å²) in [6, 6.07) is 0. The summed E-state index contributed by atoms with van der Waals surface area (Å²) in [5, 5.41) is 0. The zero-order chi connectivity index (χ0) is 6.69. The van der Waals surface area contributed by atoms with E-state index in [4.69, 9.17) is 4.74 Å². The first-order valence-corrected chi connectivity index (χ1v) is 3.41. The molecular formula is C7H14NO+. The van der Waals surface area contributed by atoms with E-state index in [0.29, 0.717) is 0 Å². The van der Waals surface area contributed by atoms with E-state index in [-0.39, 0.29) is 0 Å². The highest BCUT2D eigenvalue weighted by molar-refractivity contribution is 5.77. The van der Waals surface area contributed by atoms with Crippen LogP contribution in [0.2, 0.25) is 0 Å². The Labute approximate surface area is 56.1 Å². The monoisotopic (exact) mass is 128 g/mol. The summed E-state index contributed by atoms with van der Waals surface area (Å²) in [5.74, 6) is 0. The standard InChI is InChI=1S/C7H14NO/c1-7-4-3-5-8(7)6-9-2/h3-6H2,1-2H3/q+1. The molecule has 0 aromatic heterocycles. The molecule has 0 unspecified atom stereocenters. The fraction of sp³-hybridized carbons (Fsp3) is 0.857. The first-order chi connectivity index (χ1) is 4.34. The van der Waals surface area contributed by atoms with Crippen LogP contribution in [-0.2, 0) is 4.74 Å². The van der Waals surface area contributed by atoms with Crippen molar-refractivity contribution in [1.82, 2.24) is 0 Å². The predicted octanol–water partition coefficient (Wildman–Crippen LogP) is 0.858. The van der Waals surface area contributed by atoms with Gasteiger partial charge in [0.15, 0.2) is 5.71 Å². The third-order valence-corrected chi connectivity index (χ3v) is 1.79.